The number of aromatic nitrogens is 2. The fraction of sp³-hybridized carbons (Fsp3) is 0.533. The van der Waals surface area contributed by atoms with Crippen molar-refractivity contribution in [2.24, 2.45) is 11.7 Å². The van der Waals surface area contributed by atoms with Crippen LogP contribution >= 0.6 is 0 Å². The molecule has 3 nitrogen and oxygen atoms in total. The number of nitrogens with zero attached hydrogens (tertiary/aromatic N) is 1. The highest BCUT2D eigenvalue weighted by Crippen LogP contribution is 2.35. The Balaban J connectivity index is 1.93. The third kappa shape index (κ3) is 2.03. The van der Waals surface area contributed by atoms with E-state index in [1.54, 1.807) is 0 Å². The molecule has 3 rings (SSSR count). The van der Waals surface area contributed by atoms with Gasteiger partial charge in [-0.1, -0.05) is 31.9 Å². The van der Waals surface area contributed by atoms with Crippen molar-refractivity contribution in [2.45, 2.75) is 45.1 Å². The Morgan fingerprint density at radius 3 is 2.78 bits per heavy atom. The highest BCUT2D eigenvalue weighted by molar-refractivity contribution is 5.78. The summed E-state index contributed by atoms with van der Waals surface area (Å²) in [6, 6.07) is 6.21. The third-order valence-corrected chi connectivity index (χ3v) is 4.24. The van der Waals surface area contributed by atoms with E-state index in [-0.39, 0.29) is 0 Å². The summed E-state index contributed by atoms with van der Waals surface area (Å²) in [5, 5.41) is 0. The molecule has 0 aliphatic heterocycles. The molecule has 2 aromatic rings. The predicted molar refractivity (Wildman–Crippen MR) is 74.4 cm³/mol. The minimum atomic E-state index is 0.559. The Bertz CT molecular complexity index is 536. The lowest BCUT2D eigenvalue weighted by Crippen LogP contribution is -2.11. The van der Waals surface area contributed by atoms with Crippen LogP contribution in [-0.2, 0) is 6.54 Å². The molecule has 1 saturated carbocycles. The fourth-order valence-corrected chi connectivity index (χ4v) is 3.00. The van der Waals surface area contributed by atoms with Gasteiger partial charge in [-0.05, 0) is 30.4 Å². The summed E-state index contributed by atoms with van der Waals surface area (Å²) in [6.07, 6.45) is 5.18. The van der Waals surface area contributed by atoms with E-state index in [4.69, 9.17) is 10.7 Å². The average Bonchev–Trinajstić information content (AvgIpc) is 2.83. The normalized spacial score (nSPS) is 24.6. The van der Waals surface area contributed by atoms with Crippen molar-refractivity contribution in [3.05, 3.63) is 29.6 Å². The SMILES string of the molecule is CC1CCC(c2nc3c(CN)cccc3[nH]2)CC1. The standard InChI is InChI=1S/C15H21N3/c1-10-5-7-11(8-6-10)15-17-13-4-2-3-12(9-16)14(13)18-15/h2-4,10-11H,5-9,16H2,1H3,(H,17,18). The van der Waals surface area contributed by atoms with Crippen LogP contribution in [-0.4, -0.2) is 9.97 Å². The smallest absolute Gasteiger partial charge is 0.110 e. The van der Waals surface area contributed by atoms with Gasteiger partial charge in [-0.25, -0.2) is 4.98 Å². The summed E-state index contributed by atoms with van der Waals surface area (Å²) in [4.78, 5) is 8.28. The summed E-state index contributed by atoms with van der Waals surface area (Å²) < 4.78 is 0. The molecule has 1 aromatic carbocycles. The number of fused-ring (bicyclic) bond motifs is 1. The Hall–Kier alpha value is -1.35. The van der Waals surface area contributed by atoms with E-state index in [9.17, 15) is 0 Å². The number of benzene rings is 1. The Labute approximate surface area is 108 Å². The first-order valence-electron chi connectivity index (χ1n) is 6.95. The number of H-pyrrole nitrogens is 1. The summed E-state index contributed by atoms with van der Waals surface area (Å²) in [5.41, 5.74) is 9.10. The van der Waals surface area contributed by atoms with Gasteiger partial charge in [-0.15, -0.1) is 0 Å². The van der Waals surface area contributed by atoms with Crippen molar-refractivity contribution in [2.75, 3.05) is 0 Å². The second-order valence-corrected chi connectivity index (χ2v) is 5.60. The molecule has 0 unspecified atom stereocenters. The molecule has 3 heteroatoms. The van der Waals surface area contributed by atoms with E-state index >= 15 is 0 Å². The molecule has 3 N–H and O–H groups in total. The molecule has 0 spiro atoms. The molecule has 1 heterocycles. The predicted octanol–water partition coefficient (Wildman–Crippen LogP) is 3.32. The third-order valence-electron chi connectivity index (χ3n) is 4.24. The molecule has 0 bridgehead atoms. The van der Waals surface area contributed by atoms with Gasteiger partial charge in [0.15, 0.2) is 0 Å². The molecule has 1 fully saturated rings. The Kier molecular flexibility index (Phi) is 3.08. The lowest BCUT2D eigenvalue weighted by Gasteiger charge is -2.24. The molecule has 1 aliphatic carbocycles. The second kappa shape index (κ2) is 4.73. The summed E-state index contributed by atoms with van der Waals surface area (Å²) in [6.45, 7) is 2.91. The first-order chi connectivity index (χ1) is 8.78. The lowest BCUT2D eigenvalue weighted by atomic mass is 9.83. The number of para-hydroxylation sites is 1. The topological polar surface area (TPSA) is 54.7 Å². The number of nitrogens with two attached hydrogens (primary N) is 1. The molecule has 1 aromatic heterocycles. The van der Waals surface area contributed by atoms with Crippen LogP contribution in [0.4, 0.5) is 0 Å². The molecular weight excluding hydrogens is 222 g/mol. The van der Waals surface area contributed by atoms with Gasteiger partial charge in [0.1, 0.15) is 5.82 Å². The van der Waals surface area contributed by atoms with E-state index in [1.807, 2.05) is 0 Å². The largest absolute Gasteiger partial charge is 0.342 e. The zero-order valence-corrected chi connectivity index (χ0v) is 10.9. The maximum absolute atomic E-state index is 5.77. The Morgan fingerprint density at radius 1 is 1.28 bits per heavy atom. The lowest BCUT2D eigenvalue weighted by molar-refractivity contribution is 0.341. The highest BCUT2D eigenvalue weighted by atomic mass is 14.9. The Morgan fingerprint density at radius 2 is 2.06 bits per heavy atom. The van der Waals surface area contributed by atoms with Gasteiger partial charge in [-0.3, -0.25) is 0 Å². The van der Waals surface area contributed by atoms with Crippen LogP contribution in [0.15, 0.2) is 18.2 Å². The van der Waals surface area contributed by atoms with Gasteiger partial charge in [0.2, 0.25) is 0 Å². The molecule has 0 radical (unpaired) electrons. The summed E-state index contributed by atoms with van der Waals surface area (Å²) in [7, 11) is 0. The van der Waals surface area contributed by atoms with Gasteiger partial charge in [0.05, 0.1) is 11.0 Å². The van der Waals surface area contributed by atoms with Crippen molar-refractivity contribution in [1.29, 1.82) is 0 Å². The highest BCUT2D eigenvalue weighted by Gasteiger charge is 2.22. The van der Waals surface area contributed by atoms with Crippen LogP contribution in [0.2, 0.25) is 0 Å². The van der Waals surface area contributed by atoms with E-state index in [1.165, 1.54) is 25.7 Å². The van der Waals surface area contributed by atoms with Crippen LogP contribution in [0.25, 0.3) is 11.0 Å². The fourth-order valence-electron chi connectivity index (χ4n) is 3.00. The number of imidazole rings is 1. The average molecular weight is 243 g/mol. The van der Waals surface area contributed by atoms with Crippen molar-refractivity contribution >= 4 is 11.0 Å². The van der Waals surface area contributed by atoms with Gasteiger partial charge in [-0.2, -0.15) is 0 Å². The first kappa shape index (κ1) is 11.7. The maximum atomic E-state index is 5.77. The van der Waals surface area contributed by atoms with E-state index < -0.39 is 0 Å². The van der Waals surface area contributed by atoms with E-state index in [0.717, 1.165) is 28.3 Å². The monoisotopic (exact) mass is 243 g/mol. The molecule has 0 saturated heterocycles. The zero-order valence-electron chi connectivity index (χ0n) is 10.9. The molecule has 0 atom stereocenters. The molecule has 18 heavy (non-hydrogen) atoms. The van der Waals surface area contributed by atoms with Crippen molar-refractivity contribution in [1.82, 2.24) is 9.97 Å². The van der Waals surface area contributed by atoms with Gasteiger partial charge in [0, 0.05) is 12.5 Å². The van der Waals surface area contributed by atoms with E-state index in [0.29, 0.717) is 12.5 Å². The van der Waals surface area contributed by atoms with Crippen LogP contribution in [0.1, 0.15) is 49.9 Å². The number of nitrogens with one attached hydrogen (secondary N) is 1. The number of rotatable bonds is 2. The van der Waals surface area contributed by atoms with Crippen LogP contribution in [0.3, 0.4) is 0 Å². The molecular formula is C15H21N3. The van der Waals surface area contributed by atoms with Crippen LogP contribution in [0, 0.1) is 5.92 Å². The number of hydrogen-bond acceptors (Lipinski definition) is 2. The number of aromatic amines is 1. The zero-order chi connectivity index (χ0) is 12.5. The van der Waals surface area contributed by atoms with Gasteiger partial charge in [0.25, 0.3) is 0 Å². The minimum Gasteiger partial charge on any atom is -0.342 e. The number of hydrogen-bond donors (Lipinski definition) is 2. The van der Waals surface area contributed by atoms with Crippen molar-refractivity contribution in [3.63, 3.8) is 0 Å². The molecule has 1 aliphatic rings. The van der Waals surface area contributed by atoms with Crippen LogP contribution < -0.4 is 5.73 Å². The van der Waals surface area contributed by atoms with Gasteiger partial charge >= 0.3 is 0 Å². The second-order valence-electron chi connectivity index (χ2n) is 5.60. The van der Waals surface area contributed by atoms with Crippen LogP contribution in [0.5, 0.6) is 0 Å². The minimum absolute atomic E-state index is 0.559. The van der Waals surface area contributed by atoms with Crippen molar-refractivity contribution < 1.29 is 0 Å². The quantitative estimate of drug-likeness (QED) is 0.850. The summed E-state index contributed by atoms with van der Waals surface area (Å²) >= 11 is 0. The van der Waals surface area contributed by atoms with Crippen molar-refractivity contribution in [3.8, 4) is 0 Å². The maximum Gasteiger partial charge on any atom is 0.110 e. The molecule has 96 valence electrons. The first-order valence-corrected chi connectivity index (χ1v) is 6.95. The summed E-state index contributed by atoms with van der Waals surface area (Å²) in [5.74, 6) is 2.65. The van der Waals surface area contributed by atoms with Gasteiger partial charge < -0.3 is 10.7 Å². The molecule has 0 amide bonds. The van der Waals surface area contributed by atoms with E-state index in [2.05, 4.69) is 30.1 Å².